The van der Waals surface area contributed by atoms with Crippen LogP contribution in [0.4, 0.5) is 0 Å². The topological polar surface area (TPSA) is 33.7 Å². The van der Waals surface area contributed by atoms with Crippen molar-refractivity contribution in [3.05, 3.63) is 22.7 Å². The van der Waals surface area contributed by atoms with Crippen LogP contribution in [-0.2, 0) is 6.54 Å². The molecule has 1 fully saturated rings. The minimum Gasteiger partial charge on any atom is -0.493 e. The van der Waals surface area contributed by atoms with Gasteiger partial charge >= 0.3 is 0 Å². The SMILES string of the molecule is COc1ccc(CNC(C)CN2CCCC2)c(Cl)c1OC. The first-order valence-electron chi connectivity index (χ1n) is 7.50. The van der Waals surface area contributed by atoms with Crippen LogP contribution in [0.3, 0.4) is 0 Å². The lowest BCUT2D eigenvalue weighted by molar-refractivity contribution is 0.298. The van der Waals surface area contributed by atoms with Crippen molar-refractivity contribution in [2.75, 3.05) is 33.9 Å². The van der Waals surface area contributed by atoms with Gasteiger partial charge in [-0.3, -0.25) is 0 Å². The Morgan fingerprint density at radius 3 is 2.57 bits per heavy atom. The van der Waals surface area contributed by atoms with E-state index in [1.54, 1.807) is 14.2 Å². The van der Waals surface area contributed by atoms with Crippen molar-refractivity contribution in [2.45, 2.75) is 32.4 Å². The molecule has 4 nitrogen and oxygen atoms in total. The summed E-state index contributed by atoms with van der Waals surface area (Å²) >= 11 is 6.39. The zero-order valence-electron chi connectivity index (χ0n) is 13.1. The molecular weight excluding hydrogens is 288 g/mol. The summed E-state index contributed by atoms with van der Waals surface area (Å²) in [7, 11) is 3.22. The van der Waals surface area contributed by atoms with Gasteiger partial charge in [-0.25, -0.2) is 0 Å². The first-order valence-corrected chi connectivity index (χ1v) is 7.88. The van der Waals surface area contributed by atoms with E-state index in [1.807, 2.05) is 12.1 Å². The molecule has 1 aliphatic heterocycles. The van der Waals surface area contributed by atoms with E-state index in [9.17, 15) is 0 Å². The van der Waals surface area contributed by atoms with Crippen molar-refractivity contribution < 1.29 is 9.47 Å². The molecule has 1 atom stereocenters. The number of benzene rings is 1. The average molecular weight is 313 g/mol. The van der Waals surface area contributed by atoms with Crippen molar-refractivity contribution in [3.8, 4) is 11.5 Å². The zero-order chi connectivity index (χ0) is 15.2. The van der Waals surface area contributed by atoms with Crippen LogP contribution in [0.15, 0.2) is 12.1 Å². The van der Waals surface area contributed by atoms with Crippen LogP contribution in [-0.4, -0.2) is 44.8 Å². The zero-order valence-corrected chi connectivity index (χ0v) is 13.9. The van der Waals surface area contributed by atoms with Gasteiger partial charge in [0, 0.05) is 19.1 Å². The highest BCUT2D eigenvalue weighted by Gasteiger charge is 2.16. The minimum absolute atomic E-state index is 0.437. The van der Waals surface area contributed by atoms with E-state index in [4.69, 9.17) is 21.1 Å². The molecular formula is C16H25ClN2O2. The molecule has 1 saturated heterocycles. The summed E-state index contributed by atoms with van der Waals surface area (Å²) in [4.78, 5) is 2.51. The summed E-state index contributed by atoms with van der Waals surface area (Å²) in [5.41, 5.74) is 1.03. The second-order valence-electron chi connectivity index (χ2n) is 5.56. The Balaban J connectivity index is 1.93. The van der Waals surface area contributed by atoms with Crippen molar-refractivity contribution in [1.29, 1.82) is 0 Å². The third-order valence-corrected chi connectivity index (χ3v) is 4.35. The predicted molar refractivity (Wildman–Crippen MR) is 86.5 cm³/mol. The maximum Gasteiger partial charge on any atom is 0.179 e. The molecule has 1 aromatic rings. The first-order chi connectivity index (χ1) is 10.2. The Bertz CT molecular complexity index is 462. The van der Waals surface area contributed by atoms with Gasteiger partial charge in [0.2, 0.25) is 0 Å². The Kier molecular flexibility index (Phi) is 6.15. The number of nitrogens with zero attached hydrogens (tertiary/aromatic N) is 1. The largest absolute Gasteiger partial charge is 0.493 e. The minimum atomic E-state index is 0.437. The van der Waals surface area contributed by atoms with E-state index in [1.165, 1.54) is 25.9 Å². The number of rotatable bonds is 7. The van der Waals surface area contributed by atoms with Crippen LogP contribution in [0.2, 0.25) is 5.02 Å². The van der Waals surface area contributed by atoms with Crippen LogP contribution in [0, 0.1) is 0 Å². The lowest BCUT2D eigenvalue weighted by Crippen LogP contribution is -2.37. The molecule has 1 unspecified atom stereocenters. The fourth-order valence-electron chi connectivity index (χ4n) is 2.77. The number of likely N-dealkylation sites (tertiary alicyclic amines) is 1. The van der Waals surface area contributed by atoms with Crippen LogP contribution in [0.25, 0.3) is 0 Å². The Hall–Kier alpha value is -0.970. The van der Waals surface area contributed by atoms with Gasteiger partial charge in [0.05, 0.1) is 19.2 Å². The summed E-state index contributed by atoms with van der Waals surface area (Å²) in [5, 5.41) is 4.16. The molecule has 1 aromatic carbocycles. The summed E-state index contributed by atoms with van der Waals surface area (Å²) in [6, 6.07) is 4.32. The van der Waals surface area contributed by atoms with E-state index in [2.05, 4.69) is 17.1 Å². The smallest absolute Gasteiger partial charge is 0.179 e. The number of ether oxygens (including phenoxy) is 2. The lowest BCUT2D eigenvalue weighted by atomic mass is 10.2. The normalized spacial score (nSPS) is 17.0. The van der Waals surface area contributed by atoms with E-state index in [0.29, 0.717) is 22.6 Å². The summed E-state index contributed by atoms with van der Waals surface area (Å²) < 4.78 is 10.6. The summed E-state index contributed by atoms with van der Waals surface area (Å²) in [6.45, 7) is 6.48. The highest BCUT2D eigenvalue weighted by Crippen LogP contribution is 2.37. The van der Waals surface area contributed by atoms with Gasteiger partial charge < -0.3 is 19.7 Å². The van der Waals surface area contributed by atoms with E-state index >= 15 is 0 Å². The van der Waals surface area contributed by atoms with Gasteiger partial charge in [-0.2, -0.15) is 0 Å². The highest BCUT2D eigenvalue weighted by atomic mass is 35.5. The molecule has 118 valence electrons. The molecule has 0 aromatic heterocycles. The monoisotopic (exact) mass is 312 g/mol. The lowest BCUT2D eigenvalue weighted by Gasteiger charge is -2.22. The number of methoxy groups -OCH3 is 2. The van der Waals surface area contributed by atoms with Crippen molar-refractivity contribution in [2.24, 2.45) is 0 Å². The number of nitrogens with one attached hydrogen (secondary N) is 1. The van der Waals surface area contributed by atoms with Gasteiger partial charge in [-0.05, 0) is 44.5 Å². The molecule has 0 amide bonds. The average Bonchev–Trinajstić information content (AvgIpc) is 2.98. The van der Waals surface area contributed by atoms with Crippen LogP contribution >= 0.6 is 11.6 Å². The van der Waals surface area contributed by atoms with Gasteiger partial charge in [0.25, 0.3) is 0 Å². The Labute approximate surface area is 132 Å². The van der Waals surface area contributed by atoms with E-state index < -0.39 is 0 Å². The molecule has 5 heteroatoms. The van der Waals surface area contributed by atoms with Gasteiger partial charge in [-0.15, -0.1) is 0 Å². The van der Waals surface area contributed by atoms with Crippen molar-refractivity contribution in [1.82, 2.24) is 10.2 Å². The van der Waals surface area contributed by atoms with Crippen LogP contribution in [0.5, 0.6) is 11.5 Å². The summed E-state index contributed by atoms with van der Waals surface area (Å²) in [6.07, 6.45) is 2.66. The van der Waals surface area contributed by atoms with Crippen molar-refractivity contribution in [3.63, 3.8) is 0 Å². The number of hydrogen-bond acceptors (Lipinski definition) is 4. The molecule has 1 N–H and O–H groups in total. The molecule has 0 saturated carbocycles. The van der Waals surface area contributed by atoms with E-state index in [-0.39, 0.29) is 0 Å². The number of halogens is 1. The van der Waals surface area contributed by atoms with E-state index in [0.717, 1.165) is 18.7 Å². The van der Waals surface area contributed by atoms with Crippen LogP contribution < -0.4 is 14.8 Å². The predicted octanol–water partition coefficient (Wildman–Crippen LogP) is 2.93. The fraction of sp³-hybridized carbons (Fsp3) is 0.625. The molecule has 21 heavy (non-hydrogen) atoms. The molecule has 1 aliphatic rings. The maximum atomic E-state index is 6.39. The molecule has 0 radical (unpaired) electrons. The second-order valence-corrected chi connectivity index (χ2v) is 5.94. The standard InChI is InChI=1S/C16H25ClN2O2/c1-12(11-19-8-4-5-9-19)18-10-13-6-7-14(20-2)16(21-3)15(13)17/h6-7,12,18H,4-5,8-11H2,1-3H3. The van der Waals surface area contributed by atoms with Crippen molar-refractivity contribution >= 4 is 11.6 Å². The third kappa shape index (κ3) is 4.25. The second kappa shape index (κ2) is 7.87. The molecule has 2 rings (SSSR count). The van der Waals surface area contributed by atoms with Gasteiger partial charge in [0.15, 0.2) is 11.5 Å². The molecule has 0 bridgehead atoms. The number of hydrogen-bond donors (Lipinski definition) is 1. The Morgan fingerprint density at radius 1 is 1.24 bits per heavy atom. The fourth-order valence-corrected chi connectivity index (χ4v) is 3.07. The first kappa shape index (κ1) is 16.4. The van der Waals surface area contributed by atoms with Gasteiger partial charge in [-0.1, -0.05) is 17.7 Å². The maximum absolute atomic E-state index is 6.39. The third-order valence-electron chi connectivity index (χ3n) is 3.94. The molecule has 0 aliphatic carbocycles. The quantitative estimate of drug-likeness (QED) is 0.839. The van der Waals surface area contributed by atoms with Crippen LogP contribution in [0.1, 0.15) is 25.3 Å². The summed E-state index contributed by atoms with van der Waals surface area (Å²) in [5.74, 6) is 1.27. The molecule has 0 spiro atoms. The van der Waals surface area contributed by atoms with Gasteiger partial charge in [0.1, 0.15) is 0 Å². The highest BCUT2D eigenvalue weighted by molar-refractivity contribution is 6.33. The molecule has 1 heterocycles. The Morgan fingerprint density at radius 2 is 1.95 bits per heavy atom.